The number of anilines is 3. The summed E-state index contributed by atoms with van der Waals surface area (Å²) < 4.78 is 8.31. The number of H-pyrrole nitrogens is 1. The van der Waals surface area contributed by atoms with E-state index < -0.39 is 11.5 Å². The number of rotatable bonds is 6. The highest BCUT2D eigenvalue weighted by Crippen LogP contribution is 2.36. The number of amidine groups is 1. The molecule has 0 spiro atoms. The minimum atomic E-state index is -0.464. The SMILES string of the molecule is CC(N=C(N)c1c(Nc2cc(C(=O)N3CCc4c3cc(Cl)nc4Cl)c(O)cn2)s[nH]c1=O)C1CCCO1. The molecule has 2 atom stereocenters. The number of aliphatic imine (C=N–C) groups is 1. The Labute approximate surface area is 225 Å². The highest BCUT2D eigenvalue weighted by Gasteiger charge is 2.30. The van der Waals surface area contributed by atoms with E-state index in [1.165, 1.54) is 11.0 Å². The van der Waals surface area contributed by atoms with Gasteiger partial charge in [0.2, 0.25) is 0 Å². The van der Waals surface area contributed by atoms with Crippen molar-refractivity contribution in [2.75, 3.05) is 23.4 Å². The molecule has 194 valence electrons. The highest BCUT2D eigenvalue weighted by molar-refractivity contribution is 7.10. The van der Waals surface area contributed by atoms with Gasteiger partial charge in [0.15, 0.2) is 0 Å². The number of aromatic amines is 1. The summed E-state index contributed by atoms with van der Waals surface area (Å²) in [5, 5.41) is 14.2. The fourth-order valence-electron chi connectivity index (χ4n) is 4.45. The third-order valence-corrected chi connectivity index (χ3v) is 7.60. The number of aromatic hydroxyl groups is 1. The number of pyridine rings is 2. The van der Waals surface area contributed by atoms with Gasteiger partial charge >= 0.3 is 0 Å². The van der Waals surface area contributed by atoms with Crippen molar-refractivity contribution >= 4 is 63.0 Å². The van der Waals surface area contributed by atoms with Gasteiger partial charge in [-0.05, 0) is 49.9 Å². The second-order valence-electron chi connectivity index (χ2n) is 8.70. The van der Waals surface area contributed by atoms with E-state index in [9.17, 15) is 14.7 Å². The first-order chi connectivity index (χ1) is 17.7. The van der Waals surface area contributed by atoms with Crippen molar-refractivity contribution in [2.45, 2.75) is 38.3 Å². The molecule has 3 aromatic rings. The molecular formula is C23H23Cl2N7O4S. The Hall–Kier alpha value is -3.19. The lowest BCUT2D eigenvalue weighted by Gasteiger charge is -2.19. The molecule has 0 aromatic carbocycles. The highest BCUT2D eigenvalue weighted by atomic mass is 35.5. The molecule has 1 amide bonds. The van der Waals surface area contributed by atoms with Crippen LogP contribution in [0.5, 0.6) is 5.75 Å². The smallest absolute Gasteiger partial charge is 0.271 e. The lowest BCUT2D eigenvalue weighted by Crippen LogP contribution is -2.29. The number of nitrogens with zero attached hydrogens (tertiary/aromatic N) is 4. The molecule has 3 aromatic heterocycles. The van der Waals surface area contributed by atoms with Gasteiger partial charge in [-0.15, -0.1) is 0 Å². The molecule has 5 N–H and O–H groups in total. The van der Waals surface area contributed by atoms with Gasteiger partial charge in [0.05, 0.1) is 29.6 Å². The monoisotopic (exact) mass is 563 g/mol. The predicted octanol–water partition coefficient (Wildman–Crippen LogP) is 3.46. The number of ether oxygens (including phenoxy) is 1. The van der Waals surface area contributed by atoms with Gasteiger partial charge in [0, 0.05) is 18.7 Å². The Morgan fingerprint density at radius 1 is 1.43 bits per heavy atom. The molecule has 1 fully saturated rings. The summed E-state index contributed by atoms with van der Waals surface area (Å²) in [6, 6.07) is 2.75. The van der Waals surface area contributed by atoms with Crippen LogP contribution in [0.25, 0.3) is 0 Å². The molecule has 0 radical (unpaired) electrons. The van der Waals surface area contributed by atoms with E-state index in [-0.39, 0.29) is 51.0 Å². The van der Waals surface area contributed by atoms with Crippen LogP contribution in [0.15, 0.2) is 28.1 Å². The van der Waals surface area contributed by atoms with Crippen molar-refractivity contribution in [2.24, 2.45) is 10.7 Å². The van der Waals surface area contributed by atoms with Gasteiger partial charge < -0.3 is 25.8 Å². The molecule has 0 saturated carbocycles. The molecule has 0 aliphatic carbocycles. The van der Waals surface area contributed by atoms with Gasteiger partial charge in [-0.25, -0.2) is 9.97 Å². The Kier molecular flexibility index (Phi) is 7.08. The minimum Gasteiger partial charge on any atom is -0.505 e. The quantitative estimate of drug-likeness (QED) is 0.201. The second-order valence-corrected chi connectivity index (χ2v) is 10.3. The maximum absolute atomic E-state index is 13.4. The van der Waals surface area contributed by atoms with Gasteiger partial charge in [-0.1, -0.05) is 23.2 Å². The third-order valence-electron chi connectivity index (χ3n) is 6.30. The first kappa shape index (κ1) is 25.5. The van der Waals surface area contributed by atoms with Crippen LogP contribution in [-0.4, -0.2) is 56.5 Å². The van der Waals surface area contributed by atoms with Crippen LogP contribution in [0, 0.1) is 0 Å². The van der Waals surface area contributed by atoms with E-state index in [0.29, 0.717) is 35.8 Å². The molecule has 2 aliphatic rings. The summed E-state index contributed by atoms with van der Waals surface area (Å²) in [6.45, 7) is 2.92. The predicted molar refractivity (Wildman–Crippen MR) is 143 cm³/mol. The molecule has 5 heterocycles. The van der Waals surface area contributed by atoms with E-state index in [1.54, 1.807) is 6.07 Å². The lowest BCUT2D eigenvalue weighted by molar-refractivity contribution is 0.0953. The average molecular weight is 564 g/mol. The Morgan fingerprint density at radius 3 is 3.00 bits per heavy atom. The molecule has 37 heavy (non-hydrogen) atoms. The number of halogens is 2. The first-order valence-corrected chi connectivity index (χ1v) is 13.1. The van der Waals surface area contributed by atoms with Crippen LogP contribution in [0.1, 0.15) is 41.3 Å². The van der Waals surface area contributed by atoms with Crippen molar-refractivity contribution in [1.82, 2.24) is 14.3 Å². The number of hydrogen-bond acceptors (Lipinski definition) is 9. The summed E-state index contributed by atoms with van der Waals surface area (Å²) in [5.74, 6) is -0.472. The molecule has 0 bridgehead atoms. The van der Waals surface area contributed by atoms with E-state index in [1.807, 2.05) is 6.92 Å². The summed E-state index contributed by atoms with van der Waals surface area (Å²) in [4.78, 5) is 40.0. The summed E-state index contributed by atoms with van der Waals surface area (Å²) in [6.07, 6.45) is 3.46. The number of nitrogens with one attached hydrogen (secondary N) is 2. The number of aromatic nitrogens is 3. The Balaban J connectivity index is 1.41. The average Bonchev–Trinajstić information content (AvgIpc) is 3.60. The van der Waals surface area contributed by atoms with Crippen LogP contribution < -0.4 is 21.5 Å². The zero-order valence-corrected chi connectivity index (χ0v) is 22.0. The van der Waals surface area contributed by atoms with Crippen molar-refractivity contribution in [3.8, 4) is 5.75 Å². The minimum absolute atomic E-state index is 0.00693. The zero-order chi connectivity index (χ0) is 26.3. The maximum Gasteiger partial charge on any atom is 0.271 e. The molecule has 14 heteroatoms. The topological polar surface area (TPSA) is 159 Å². The number of carbonyl (C=O) groups is 1. The van der Waals surface area contributed by atoms with Crippen LogP contribution in [-0.2, 0) is 11.2 Å². The second kappa shape index (κ2) is 10.3. The van der Waals surface area contributed by atoms with E-state index in [0.717, 1.165) is 30.6 Å². The molecule has 5 rings (SSSR count). The van der Waals surface area contributed by atoms with Crippen molar-refractivity contribution in [3.05, 3.63) is 55.7 Å². The number of carbonyl (C=O) groups excluding carboxylic acids is 1. The molecule has 1 saturated heterocycles. The van der Waals surface area contributed by atoms with Gasteiger partial charge in [-0.2, -0.15) is 0 Å². The van der Waals surface area contributed by atoms with E-state index >= 15 is 0 Å². The van der Waals surface area contributed by atoms with E-state index in [2.05, 4.69) is 24.7 Å². The van der Waals surface area contributed by atoms with Crippen LogP contribution in [0.2, 0.25) is 10.3 Å². The van der Waals surface area contributed by atoms with Crippen molar-refractivity contribution < 1.29 is 14.6 Å². The summed E-state index contributed by atoms with van der Waals surface area (Å²) >= 11 is 13.3. The normalized spacial score (nSPS) is 18.2. The lowest BCUT2D eigenvalue weighted by atomic mass is 10.1. The fourth-order valence-corrected chi connectivity index (χ4v) is 5.71. The third kappa shape index (κ3) is 5.01. The van der Waals surface area contributed by atoms with Crippen LogP contribution >= 0.6 is 34.7 Å². The van der Waals surface area contributed by atoms with Crippen molar-refractivity contribution in [3.63, 3.8) is 0 Å². The largest absolute Gasteiger partial charge is 0.505 e. The number of hydrogen-bond donors (Lipinski definition) is 4. The maximum atomic E-state index is 13.4. The van der Waals surface area contributed by atoms with Crippen LogP contribution in [0.4, 0.5) is 16.5 Å². The van der Waals surface area contributed by atoms with Crippen LogP contribution in [0.3, 0.4) is 0 Å². The van der Waals surface area contributed by atoms with Gasteiger partial charge in [0.1, 0.15) is 38.3 Å². The van der Waals surface area contributed by atoms with E-state index in [4.69, 9.17) is 33.7 Å². The van der Waals surface area contributed by atoms with Gasteiger partial charge in [-0.3, -0.25) is 19.0 Å². The Morgan fingerprint density at radius 2 is 2.24 bits per heavy atom. The molecular weight excluding hydrogens is 541 g/mol. The summed E-state index contributed by atoms with van der Waals surface area (Å²) in [7, 11) is 0. The standard InChI is InChI=1S/C23H23Cl2N7O4S/c1-10(15-3-2-6-36-15)28-20(26)18-21(34)31-37-22(18)30-17-7-12(14(33)9-27-17)23(35)32-5-4-11-13(32)8-16(24)29-19(11)25/h7-10,15,33H,2-6H2,1H3,(H2,26,28)(H,27,30)(H,31,34). The Bertz CT molecular complexity index is 1450. The number of nitrogens with two attached hydrogens (primary N) is 1. The van der Waals surface area contributed by atoms with Crippen molar-refractivity contribution in [1.29, 1.82) is 0 Å². The molecule has 2 unspecified atom stereocenters. The molecule has 2 aliphatic heterocycles. The fraction of sp³-hybridized carbons (Fsp3) is 0.348. The van der Waals surface area contributed by atoms with Gasteiger partial charge in [0.25, 0.3) is 11.5 Å². The number of fused-ring (bicyclic) bond motifs is 1. The first-order valence-electron chi connectivity index (χ1n) is 11.5. The zero-order valence-electron chi connectivity index (χ0n) is 19.6. The summed E-state index contributed by atoms with van der Waals surface area (Å²) in [5.41, 5.74) is 7.23. The molecule has 11 nitrogen and oxygen atoms in total. The number of amides is 1.